The first-order valence-electron chi connectivity index (χ1n) is 7.57. The molecular weight excluding hydrogens is 252 g/mol. The first kappa shape index (κ1) is 15.3. The van der Waals surface area contributed by atoms with Gasteiger partial charge in [-0.2, -0.15) is 0 Å². The lowest BCUT2D eigenvalue weighted by Gasteiger charge is -2.31. The van der Waals surface area contributed by atoms with Crippen molar-refractivity contribution in [2.24, 2.45) is 0 Å². The van der Waals surface area contributed by atoms with Gasteiger partial charge in [-0.3, -0.25) is 0 Å². The molecule has 20 heavy (non-hydrogen) atoms. The molecule has 0 saturated heterocycles. The standard InChI is InChI=1S/C16H26N2O2/c1-12(2)20-16-13(7-6-10-17-16)11-18-14-8-4-5-9-15(14)19-3/h6-7,10,12,14-15,18H,4-5,8-9,11H2,1-3H3. The number of aromatic nitrogens is 1. The Morgan fingerprint density at radius 1 is 1.35 bits per heavy atom. The molecule has 1 aromatic rings. The van der Waals surface area contributed by atoms with Gasteiger partial charge in [-0.15, -0.1) is 0 Å². The van der Waals surface area contributed by atoms with Crippen molar-refractivity contribution in [3.63, 3.8) is 0 Å². The molecular formula is C16H26N2O2. The van der Waals surface area contributed by atoms with Crippen molar-refractivity contribution in [1.82, 2.24) is 10.3 Å². The van der Waals surface area contributed by atoms with E-state index in [0.29, 0.717) is 12.1 Å². The molecule has 1 N–H and O–H groups in total. The van der Waals surface area contributed by atoms with Gasteiger partial charge in [-0.25, -0.2) is 4.98 Å². The zero-order chi connectivity index (χ0) is 14.4. The van der Waals surface area contributed by atoms with Crippen LogP contribution in [0.25, 0.3) is 0 Å². The maximum absolute atomic E-state index is 5.76. The van der Waals surface area contributed by atoms with Gasteiger partial charge in [0.15, 0.2) is 0 Å². The molecule has 1 fully saturated rings. The number of methoxy groups -OCH3 is 1. The van der Waals surface area contributed by atoms with E-state index in [1.165, 1.54) is 19.3 Å². The Hall–Kier alpha value is -1.13. The summed E-state index contributed by atoms with van der Waals surface area (Å²) in [4.78, 5) is 4.33. The summed E-state index contributed by atoms with van der Waals surface area (Å²) >= 11 is 0. The fourth-order valence-electron chi connectivity index (χ4n) is 2.74. The van der Waals surface area contributed by atoms with Gasteiger partial charge in [-0.1, -0.05) is 18.9 Å². The van der Waals surface area contributed by atoms with Crippen LogP contribution in [0.1, 0.15) is 45.1 Å². The lowest BCUT2D eigenvalue weighted by atomic mass is 9.92. The SMILES string of the molecule is COC1CCCCC1NCc1cccnc1OC(C)C. The van der Waals surface area contributed by atoms with Gasteiger partial charge in [0.05, 0.1) is 12.2 Å². The molecule has 0 spiro atoms. The molecule has 2 unspecified atom stereocenters. The Balaban J connectivity index is 1.96. The predicted octanol–water partition coefficient (Wildman–Crippen LogP) is 2.92. The predicted molar refractivity (Wildman–Crippen MR) is 79.9 cm³/mol. The fourth-order valence-corrected chi connectivity index (χ4v) is 2.74. The van der Waals surface area contributed by atoms with E-state index in [2.05, 4.69) is 16.4 Å². The Morgan fingerprint density at radius 3 is 2.90 bits per heavy atom. The van der Waals surface area contributed by atoms with Crippen molar-refractivity contribution in [2.75, 3.05) is 7.11 Å². The van der Waals surface area contributed by atoms with E-state index in [-0.39, 0.29) is 6.10 Å². The zero-order valence-corrected chi connectivity index (χ0v) is 12.8. The average molecular weight is 278 g/mol. The summed E-state index contributed by atoms with van der Waals surface area (Å²) in [5, 5.41) is 3.61. The molecule has 2 atom stereocenters. The molecule has 1 aliphatic rings. The van der Waals surface area contributed by atoms with Crippen molar-refractivity contribution < 1.29 is 9.47 Å². The van der Waals surface area contributed by atoms with Crippen molar-refractivity contribution in [1.29, 1.82) is 0 Å². The molecule has 2 rings (SSSR count). The van der Waals surface area contributed by atoms with Crippen LogP contribution in [-0.4, -0.2) is 30.3 Å². The van der Waals surface area contributed by atoms with Gasteiger partial charge in [0.2, 0.25) is 5.88 Å². The molecule has 0 aromatic carbocycles. The van der Waals surface area contributed by atoms with Crippen molar-refractivity contribution in [3.8, 4) is 5.88 Å². The first-order valence-corrected chi connectivity index (χ1v) is 7.57. The van der Waals surface area contributed by atoms with Crippen LogP contribution in [-0.2, 0) is 11.3 Å². The lowest BCUT2D eigenvalue weighted by molar-refractivity contribution is 0.0411. The van der Waals surface area contributed by atoms with Crippen LogP contribution in [0.15, 0.2) is 18.3 Å². The van der Waals surface area contributed by atoms with Crippen LogP contribution < -0.4 is 10.1 Å². The van der Waals surface area contributed by atoms with Crippen molar-refractivity contribution in [2.45, 2.75) is 64.3 Å². The first-order chi connectivity index (χ1) is 9.70. The Kier molecular flexibility index (Phi) is 5.80. The summed E-state index contributed by atoms with van der Waals surface area (Å²) in [7, 11) is 1.81. The number of rotatable bonds is 6. The number of hydrogen-bond donors (Lipinski definition) is 1. The molecule has 112 valence electrons. The van der Waals surface area contributed by atoms with E-state index in [1.807, 2.05) is 27.0 Å². The highest BCUT2D eigenvalue weighted by Crippen LogP contribution is 2.22. The Morgan fingerprint density at radius 2 is 2.15 bits per heavy atom. The third-order valence-corrected chi connectivity index (χ3v) is 3.76. The highest BCUT2D eigenvalue weighted by atomic mass is 16.5. The summed E-state index contributed by atoms with van der Waals surface area (Å²) in [6, 6.07) is 4.46. The van der Waals surface area contributed by atoms with Crippen LogP contribution in [0, 0.1) is 0 Å². The molecule has 0 radical (unpaired) electrons. The monoisotopic (exact) mass is 278 g/mol. The largest absolute Gasteiger partial charge is 0.475 e. The third-order valence-electron chi connectivity index (χ3n) is 3.76. The van der Waals surface area contributed by atoms with E-state index in [4.69, 9.17) is 9.47 Å². The zero-order valence-electron chi connectivity index (χ0n) is 12.8. The third kappa shape index (κ3) is 4.18. The van der Waals surface area contributed by atoms with Gasteiger partial charge in [0.1, 0.15) is 0 Å². The second-order valence-electron chi connectivity index (χ2n) is 5.68. The second-order valence-corrected chi connectivity index (χ2v) is 5.68. The Labute approximate surface area is 121 Å². The van der Waals surface area contributed by atoms with Crippen molar-refractivity contribution >= 4 is 0 Å². The van der Waals surface area contributed by atoms with Crippen LogP contribution in [0.2, 0.25) is 0 Å². The smallest absolute Gasteiger partial charge is 0.218 e. The van der Waals surface area contributed by atoms with Gasteiger partial charge in [-0.05, 0) is 32.8 Å². The minimum Gasteiger partial charge on any atom is -0.475 e. The maximum Gasteiger partial charge on any atom is 0.218 e. The van der Waals surface area contributed by atoms with E-state index in [1.54, 1.807) is 6.20 Å². The summed E-state index contributed by atoms with van der Waals surface area (Å²) in [6.07, 6.45) is 7.13. The average Bonchev–Trinajstić information content (AvgIpc) is 2.46. The van der Waals surface area contributed by atoms with Gasteiger partial charge in [0.25, 0.3) is 0 Å². The van der Waals surface area contributed by atoms with Crippen LogP contribution >= 0.6 is 0 Å². The van der Waals surface area contributed by atoms with Crippen LogP contribution in [0.5, 0.6) is 5.88 Å². The summed E-state index contributed by atoms with van der Waals surface area (Å²) < 4.78 is 11.3. The fraction of sp³-hybridized carbons (Fsp3) is 0.688. The molecule has 0 amide bonds. The number of nitrogens with zero attached hydrogens (tertiary/aromatic N) is 1. The second kappa shape index (κ2) is 7.60. The Bertz CT molecular complexity index is 409. The minimum absolute atomic E-state index is 0.144. The quantitative estimate of drug-likeness (QED) is 0.869. The number of ether oxygens (including phenoxy) is 2. The molecule has 1 aliphatic carbocycles. The molecule has 1 aromatic heterocycles. The highest BCUT2D eigenvalue weighted by Gasteiger charge is 2.24. The van der Waals surface area contributed by atoms with Gasteiger partial charge >= 0.3 is 0 Å². The topological polar surface area (TPSA) is 43.4 Å². The lowest BCUT2D eigenvalue weighted by Crippen LogP contribution is -2.42. The van der Waals surface area contributed by atoms with Crippen LogP contribution in [0.3, 0.4) is 0 Å². The molecule has 1 heterocycles. The summed E-state index contributed by atoms with van der Waals surface area (Å²) in [6.45, 7) is 4.82. The normalized spacial score (nSPS) is 23.0. The van der Waals surface area contributed by atoms with Crippen molar-refractivity contribution in [3.05, 3.63) is 23.9 Å². The highest BCUT2D eigenvalue weighted by molar-refractivity contribution is 5.25. The molecule has 4 nitrogen and oxygen atoms in total. The molecule has 0 bridgehead atoms. The number of hydrogen-bond acceptors (Lipinski definition) is 4. The summed E-state index contributed by atoms with van der Waals surface area (Å²) in [5.41, 5.74) is 1.11. The van der Waals surface area contributed by atoms with E-state index in [9.17, 15) is 0 Å². The van der Waals surface area contributed by atoms with Crippen LogP contribution in [0.4, 0.5) is 0 Å². The van der Waals surface area contributed by atoms with E-state index < -0.39 is 0 Å². The van der Waals surface area contributed by atoms with Gasteiger partial charge in [0, 0.05) is 31.5 Å². The van der Waals surface area contributed by atoms with E-state index in [0.717, 1.165) is 24.4 Å². The number of nitrogens with one attached hydrogen (secondary N) is 1. The number of pyridine rings is 1. The maximum atomic E-state index is 5.76. The van der Waals surface area contributed by atoms with Gasteiger partial charge < -0.3 is 14.8 Å². The summed E-state index contributed by atoms with van der Waals surface area (Å²) in [5.74, 6) is 0.736. The molecule has 0 aliphatic heterocycles. The molecule has 4 heteroatoms. The van der Waals surface area contributed by atoms with E-state index >= 15 is 0 Å². The molecule has 1 saturated carbocycles. The minimum atomic E-state index is 0.144.